The Bertz CT molecular complexity index is 1380. The third-order valence-electron chi connectivity index (χ3n) is 8.22. The lowest BCUT2D eigenvalue weighted by molar-refractivity contribution is -0.171. The van der Waals surface area contributed by atoms with E-state index in [-0.39, 0.29) is 23.4 Å². The van der Waals surface area contributed by atoms with Crippen LogP contribution in [0.4, 0.5) is 5.82 Å². The van der Waals surface area contributed by atoms with E-state index in [1.165, 1.54) is 38.6 Å². The van der Waals surface area contributed by atoms with Gasteiger partial charge >= 0.3 is 5.97 Å². The molecule has 3 aromatic rings. The van der Waals surface area contributed by atoms with Gasteiger partial charge in [-0.1, -0.05) is 32.6 Å². The third-order valence-corrected chi connectivity index (χ3v) is 8.22. The van der Waals surface area contributed by atoms with Gasteiger partial charge in [0.15, 0.2) is 28.7 Å². The molecule has 2 unspecified atom stereocenters. The SMILES string of the molecule is COc1cc(C(C)[C@@]2(n3cnc4c(N)ncnc43)O[C@H](C(O)CCCCCCCC(=O)O)[C@@H](O)[C@H]2O)cc(OC)c1OC. The van der Waals surface area contributed by atoms with Gasteiger partial charge in [0.1, 0.15) is 30.2 Å². The van der Waals surface area contributed by atoms with Crippen molar-refractivity contribution in [1.82, 2.24) is 19.5 Å². The van der Waals surface area contributed by atoms with Crippen LogP contribution in [0.2, 0.25) is 0 Å². The molecule has 1 fully saturated rings. The van der Waals surface area contributed by atoms with Crippen molar-refractivity contribution in [3.63, 3.8) is 0 Å². The smallest absolute Gasteiger partial charge is 0.303 e. The summed E-state index contributed by atoms with van der Waals surface area (Å²) < 4.78 is 24.7. The average Bonchev–Trinajstić information content (AvgIpc) is 3.55. The first-order valence-corrected chi connectivity index (χ1v) is 14.3. The van der Waals surface area contributed by atoms with Crippen LogP contribution in [0.15, 0.2) is 24.8 Å². The Morgan fingerprint density at radius 2 is 1.70 bits per heavy atom. The number of imidazole rings is 1. The van der Waals surface area contributed by atoms with Gasteiger partial charge in [-0.3, -0.25) is 9.36 Å². The first-order valence-electron chi connectivity index (χ1n) is 14.3. The van der Waals surface area contributed by atoms with Crippen molar-refractivity contribution >= 4 is 23.0 Å². The number of fused-ring (bicyclic) bond motifs is 1. The first-order chi connectivity index (χ1) is 20.6. The van der Waals surface area contributed by atoms with Crippen molar-refractivity contribution < 1.29 is 44.2 Å². The first kappa shape index (κ1) is 32.2. The average molecular weight is 604 g/mol. The maximum atomic E-state index is 11.8. The van der Waals surface area contributed by atoms with Crippen molar-refractivity contribution in [3.05, 3.63) is 30.4 Å². The Kier molecular flexibility index (Phi) is 10.3. The molecule has 2 aromatic heterocycles. The summed E-state index contributed by atoms with van der Waals surface area (Å²) in [4.78, 5) is 23.4. The molecule has 0 spiro atoms. The summed E-state index contributed by atoms with van der Waals surface area (Å²) in [5.41, 5.74) is 5.53. The summed E-state index contributed by atoms with van der Waals surface area (Å²) in [5.74, 6) is -0.237. The molecular weight excluding hydrogens is 562 g/mol. The van der Waals surface area contributed by atoms with E-state index in [9.17, 15) is 20.1 Å². The van der Waals surface area contributed by atoms with Crippen LogP contribution in [0.1, 0.15) is 63.4 Å². The molecule has 6 N–H and O–H groups in total. The minimum absolute atomic E-state index is 0.132. The molecule has 6 atom stereocenters. The molecule has 43 heavy (non-hydrogen) atoms. The fraction of sp³-hybridized carbons (Fsp3) is 0.586. The van der Waals surface area contributed by atoms with Crippen LogP contribution in [-0.4, -0.2) is 91.7 Å². The molecule has 0 saturated carbocycles. The number of nitrogen functional groups attached to an aromatic ring is 1. The molecule has 1 aliphatic heterocycles. The maximum Gasteiger partial charge on any atom is 0.303 e. The Morgan fingerprint density at radius 3 is 2.33 bits per heavy atom. The minimum Gasteiger partial charge on any atom is -0.493 e. The number of benzene rings is 1. The summed E-state index contributed by atoms with van der Waals surface area (Å²) in [5, 5.41) is 43.1. The summed E-state index contributed by atoms with van der Waals surface area (Å²) >= 11 is 0. The molecule has 4 rings (SSSR count). The zero-order valence-corrected chi connectivity index (χ0v) is 24.8. The predicted molar refractivity (Wildman–Crippen MR) is 155 cm³/mol. The number of hydrogen-bond acceptors (Lipinski definition) is 12. The number of aliphatic hydroxyl groups is 3. The van der Waals surface area contributed by atoms with Crippen molar-refractivity contribution in [2.24, 2.45) is 0 Å². The number of anilines is 1. The number of rotatable bonds is 15. The Labute approximate surface area is 249 Å². The van der Waals surface area contributed by atoms with E-state index in [1.807, 2.05) is 0 Å². The molecule has 14 heteroatoms. The van der Waals surface area contributed by atoms with Gasteiger partial charge in [-0.15, -0.1) is 0 Å². The molecule has 3 heterocycles. The van der Waals surface area contributed by atoms with E-state index < -0.39 is 42.0 Å². The lowest BCUT2D eigenvalue weighted by Crippen LogP contribution is -2.49. The lowest BCUT2D eigenvalue weighted by atomic mass is 9.84. The van der Waals surface area contributed by atoms with E-state index in [4.69, 9.17) is 29.8 Å². The highest BCUT2D eigenvalue weighted by molar-refractivity contribution is 5.81. The third kappa shape index (κ3) is 6.18. The second-order valence-electron chi connectivity index (χ2n) is 10.8. The normalized spacial score (nSPS) is 23.3. The van der Waals surface area contributed by atoms with Crippen LogP contribution in [0, 0.1) is 0 Å². The van der Waals surface area contributed by atoms with Crippen molar-refractivity contribution in [1.29, 1.82) is 0 Å². The number of hydrogen-bond donors (Lipinski definition) is 5. The van der Waals surface area contributed by atoms with E-state index in [2.05, 4.69) is 15.0 Å². The number of carboxylic acids is 1. The van der Waals surface area contributed by atoms with E-state index in [0.29, 0.717) is 42.1 Å². The minimum atomic E-state index is -1.71. The van der Waals surface area contributed by atoms with Gasteiger partial charge in [0, 0.05) is 12.3 Å². The van der Waals surface area contributed by atoms with Crippen LogP contribution >= 0.6 is 0 Å². The van der Waals surface area contributed by atoms with Crippen LogP contribution in [0.5, 0.6) is 17.2 Å². The summed E-state index contributed by atoms with van der Waals surface area (Å²) in [6.45, 7) is 1.80. The van der Waals surface area contributed by atoms with Crippen molar-refractivity contribution in [2.75, 3.05) is 27.1 Å². The van der Waals surface area contributed by atoms with Gasteiger partial charge in [-0.2, -0.15) is 0 Å². The second kappa shape index (κ2) is 13.7. The molecule has 1 saturated heterocycles. The Balaban J connectivity index is 1.69. The lowest BCUT2D eigenvalue weighted by Gasteiger charge is -2.39. The molecule has 236 valence electrons. The molecule has 0 radical (unpaired) electrons. The maximum absolute atomic E-state index is 11.8. The second-order valence-corrected chi connectivity index (χ2v) is 10.8. The van der Waals surface area contributed by atoms with Crippen molar-refractivity contribution in [2.45, 2.75) is 87.9 Å². The van der Waals surface area contributed by atoms with Gasteiger partial charge in [-0.25, -0.2) is 15.0 Å². The molecule has 0 aliphatic carbocycles. The number of aromatic nitrogens is 4. The highest BCUT2D eigenvalue weighted by atomic mass is 16.6. The quantitative estimate of drug-likeness (QED) is 0.158. The standard InChI is InChI=1S/C29H41N5O9/c1-16(17-12-19(40-2)25(42-4)20(13-17)41-3)29(34-15-33-22-27(30)31-14-32-28(22)34)26(39)23(38)24(43-29)18(35)10-8-6-5-7-9-11-21(36)37/h12-16,18,23-24,26,35,38-39H,5-11H2,1-4H3,(H,36,37)(H2,30,31,32)/t16?,18?,23-,24-,26-,29-/m1/s1. The summed E-state index contributed by atoms with van der Waals surface area (Å²) in [6.07, 6.45) is 1.48. The summed E-state index contributed by atoms with van der Waals surface area (Å²) in [6, 6.07) is 3.46. The number of nitrogens with two attached hydrogens (primary N) is 1. The largest absolute Gasteiger partial charge is 0.493 e. The molecule has 0 bridgehead atoms. The fourth-order valence-electron chi connectivity index (χ4n) is 5.88. The number of ether oxygens (including phenoxy) is 4. The van der Waals surface area contributed by atoms with Crippen LogP contribution in [-0.2, 0) is 15.3 Å². The predicted octanol–water partition coefficient (Wildman–Crippen LogP) is 2.19. The van der Waals surface area contributed by atoms with Gasteiger partial charge in [0.05, 0.1) is 33.8 Å². The Hall–Kier alpha value is -3.72. The van der Waals surface area contributed by atoms with Crippen LogP contribution < -0.4 is 19.9 Å². The van der Waals surface area contributed by atoms with Crippen LogP contribution in [0.25, 0.3) is 11.2 Å². The molecular formula is C29H41N5O9. The Morgan fingerprint density at radius 1 is 1.05 bits per heavy atom. The van der Waals surface area contributed by atoms with Gasteiger partial charge in [0.2, 0.25) is 5.75 Å². The molecule has 1 aromatic carbocycles. The number of aliphatic carboxylic acids is 1. The monoisotopic (exact) mass is 603 g/mol. The number of nitrogens with zero attached hydrogens (tertiary/aromatic N) is 4. The van der Waals surface area contributed by atoms with E-state index >= 15 is 0 Å². The highest BCUT2D eigenvalue weighted by Crippen LogP contribution is 2.50. The zero-order chi connectivity index (χ0) is 31.3. The number of methoxy groups -OCH3 is 3. The van der Waals surface area contributed by atoms with E-state index in [0.717, 1.165) is 19.3 Å². The number of aliphatic hydroxyl groups excluding tert-OH is 3. The van der Waals surface area contributed by atoms with E-state index in [1.54, 1.807) is 19.1 Å². The molecule has 0 amide bonds. The number of carbonyl (C=O) groups is 1. The van der Waals surface area contributed by atoms with Crippen LogP contribution in [0.3, 0.4) is 0 Å². The summed E-state index contributed by atoms with van der Waals surface area (Å²) in [7, 11) is 4.48. The molecule has 1 aliphatic rings. The molecule has 14 nitrogen and oxygen atoms in total. The van der Waals surface area contributed by atoms with Gasteiger partial charge in [0.25, 0.3) is 0 Å². The topological polar surface area (TPSA) is 205 Å². The number of unbranched alkanes of at least 4 members (excludes halogenated alkanes) is 4. The van der Waals surface area contributed by atoms with Crippen molar-refractivity contribution in [3.8, 4) is 17.2 Å². The highest BCUT2D eigenvalue weighted by Gasteiger charge is 2.60. The zero-order valence-electron chi connectivity index (χ0n) is 24.8. The number of carboxylic acid groups (broad SMARTS) is 1. The van der Waals surface area contributed by atoms with Gasteiger partial charge < -0.3 is 45.1 Å². The van der Waals surface area contributed by atoms with Gasteiger partial charge in [-0.05, 0) is 30.5 Å². The fourth-order valence-corrected chi connectivity index (χ4v) is 5.88.